The van der Waals surface area contributed by atoms with Gasteiger partial charge in [-0.05, 0) is 38.7 Å². The number of halogens is 1. The van der Waals surface area contributed by atoms with Crippen molar-refractivity contribution in [3.05, 3.63) is 12.7 Å². The molecule has 0 saturated heterocycles. The minimum Gasteiger partial charge on any atom is -0.294 e. The molecule has 0 amide bonds. The first-order valence-electron chi connectivity index (χ1n) is 9.13. The molecule has 1 nitrogen and oxygen atoms in total. The third-order valence-electron chi connectivity index (χ3n) is 5.33. The van der Waals surface area contributed by atoms with Gasteiger partial charge in [-0.3, -0.25) is 4.79 Å². The van der Waals surface area contributed by atoms with Crippen molar-refractivity contribution in [2.75, 3.05) is 0 Å². The molecule has 2 unspecified atom stereocenters. The fraction of sp³-hybridized carbons (Fsp3) is 0.850. The van der Waals surface area contributed by atoms with Gasteiger partial charge in [-0.1, -0.05) is 88.2 Å². The second-order valence-electron chi connectivity index (χ2n) is 7.18. The number of rotatable bonds is 13. The second kappa shape index (κ2) is 10.6. The first-order chi connectivity index (χ1) is 10.3. The molecule has 0 N–H and O–H groups in total. The van der Waals surface area contributed by atoms with E-state index in [0.29, 0.717) is 5.92 Å². The van der Waals surface area contributed by atoms with Crippen LogP contribution in [0.25, 0.3) is 0 Å². The molecule has 0 saturated carbocycles. The van der Waals surface area contributed by atoms with Gasteiger partial charge in [0, 0.05) is 4.32 Å². The molecule has 130 valence electrons. The fourth-order valence-corrected chi connectivity index (χ4v) is 4.77. The summed E-state index contributed by atoms with van der Waals surface area (Å²) >= 11 is 3.79. The molecule has 0 bridgehead atoms. The van der Waals surface area contributed by atoms with Crippen molar-refractivity contribution in [2.24, 2.45) is 11.3 Å². The summed E-state index contributed by atoms with van der Waals surface area (Å²) in [6.07, 6.45) is 12.7. The lowest BCUT2D eigenvalue weighted by Gasteiger charge is -2.45. The lowest BCUT2D eigenvalue weighted by Crippen LogP contribution is -2.49. The quantitative estimate of drug-likeness (QED) is 0.191. The summed E-state index contributed by atoms with van der Waals surface area (Å²) in [7, 11) is 0. The maximum absolute atomic E-state index is 12.6. The van der Waals surface area contributed by atoms with Crippen molar-refractivity contribution in [3.63, 3.8) is 0 Å². The maximum Gasteiger partial charge on any atom is 0.162 e. The van der Waals surface area contributed by atoms with E-state index in [1.807, 2.05) is 0 Å². The summed E-state index contributed by atoms with van der Waals surface area (Å²) in [6, 6.07) is 0. The van der Waals surface area contributed by atoms with E-state index in [1.165, 1.54) is 51.0 Å². The van der Waals surface area contributed by atoms with Crippen LogP contribution in [0, 0.1) is 11.3 Å². The van der Waals surface area contributed by atoms with E-state index in [1.54, 1.807) is 0 Å². The summed E-state index contributed by atoms with van der Waals surface area (Å²) in [5.74, 6) is 0.556. The van der Waals surface area contributed by atoms with Gasteiger partial charge >= 0.3 is 0 Å². The van der Waals surface area contributed by atoms with Gasteiger partial charge < -0.3 is 0 Å². The van der Waals surface area contributed by atoms with E-state index in [0.717, 1.165) is 12.8 Å². The molecular weight excluding hydrogens is 336 g/mol. The summed E-state index contributed by atoms with van der Waals surface area (Å²) in [5.41, 5.74) is -0.350. The zero-order valence-corrected chi connectivity index (χ0v) is 17.1. The third-order valence-corrected chi connectivity index (χ3v) is 6.03. The molecule has 0 aliphatic rings. The number of allylic oxidation sites excluding steroid dienone is 1. The van der Waals surface area contributed by atoms with Gasteiger partial charge in [0.05, 0.1) is 5.41 Å². The summed E-state index contributed by atoms with van der Waals surface area (Å²) < 4.78 is -0.208. The number of hydrogen-bond acceptors (Lipinski definition) is 1. The van der Waals surface area contributed by atoms with Crippen LogP contribution in [0.15, 0.2) is 12.7 Å². The first kappa shape index (κ1) is 21.9. The number of unbranched alkanes of at least 4 members (excludes halogenated alkanes) is 6. The molecule has 0 heterocycles. The van der Waals surface area contributed by atoms with Crippen LogP contribution in [-0.2, 0) is 4.79 Å². The predicted octanol–water partition coefficient (Wildman–Crippen LogP) is 7.09. The minimum atomic E-state index is -0.350. The van der Waals surface area contributed by atoms with Gasteiger partial charge in [0.2, 0.25) is 0 Å². The van der Waals surface area contributed by atoms with Gasteiger partial charge in [-0.25, -0.2) is 0 Å². The van der Waals surface area contributed by atoms with E-state index >= 15 is 0 Å². The van der Waals surface area contributed by atoms with Crippen molar-refractivity contribution in [2.45, 2.75) is 96.7 Å². The molecule has 0 radical (unpaired) electrons. The molecule has 2 atom stereocenters. The van der Waals surface area contributed by atoms with Gasteiger partial charge in [0.1, 0.15) is 0 Å². The highest BCUT2D eigenvalue weighted by atomic mass is 79.9. The van der Waals surface area contributed by atoms with Crippen LogP contribution in [0.3, 0.4) is 0 Å². The van der Waals surface area contributed by atoms with Crippen molar-refractivity contribution in [3.8, 4) is 0 Å². The molecule has 0 spiro atoms. The Bertz CT molecular complexity index is 329. The highest BCUT2D eigenvalue weighted by Gasteiger charge is 2.50. The Hall–Kier alpha value is -0.110. The van der Waals surface area contributed by atoms with E-state index in [4.69, 9.17) is 0 Å². The lowest BCUT2D eigenvalue weighted by molar-refractivity contribution is -0.128. The first-order valence-corrected chi connectivity index (χ1v) is 9.93. The molecule has 0 aliphatic heterocycles. The normalized spacial score (nSPS) is 16.1. The number of hydrogen-bond donors (Lipinski definition) is 0. The molecule has 0 aromatic heterocycles. The van der Waals surface area contributed by atoms with Gasteiger partial charge in [0.15, 0.2) is 5.78 Å². The minimum absolute atomic E-state index is 0.187. The van der Waals surface area contributed by atoms with Crippen molar-refractivity contribution < 1.29 is 4.79 Å². The number of ketones is 1. The van der Waals surface area contributed by atoms with E-state index < -0.39 is 0 Å². The van der Waals surface area contributed by atoms with Crippen LogP contribution in [0.2, 0.25) is 0 Å². The molecule has 0 aromatic rings. The number of carbonyl (C=O) groups is 1. The van der Waals surface area contributed by atoms with E-state index in [2.05, 4.69) is 57.1 Å². The Balaban J connectivity index is 4.57. The Labute approximate surface area is 147 Å². The summed E-state index contributed by atoms with van der Waals surface area (Å²) in [5, 5.41) is 0. The van der Waals surface area contributed by atoms with Crippen molar-refractivity contribution >= 4 is 21.7 Å². The standard InChI is InChI=1S/C20H37BrO/c1-7-10-11-12-13-14-15-16-17(4)20(9-3,18(22)8-2)19(5,6)21/h8,17H,2,7,9-16H2,1,3-6H3. The van der Waals surface area contributed by atoms with Crippen LogP contribution in [0.1, 0.15) is 92.4 Å². The predicted molar refractivity (Wildman–Crippen MR) is 103 cm³/mol. The smallest absolute Gasteiger partial charge is 0.162 e. The van der Waals surface area contributed by atoms with Crippen LogP contribution < -0.4 is 0 Å². The maximum atomic E-state index is 12.6. The molecule has 0 rings (SSSR count). The lowest BCUT2D eigenvalue weighted by atomic mass is 9.62. The number of alkyl halides is 1. The Morgan fingerprint density at radius 1 is 1.09 bits per heavy atom. The van der Waals surface area contributed by atoms with Crippen LogP contribution >= 0.6 is 15.9 Å². The Kier molecular flexibility index (Phi) is 10.6. The van der Waals surface area contributed by atoms with Crippen molar-refractivity contribution in [1.82, 2.24) is 0 Å². The Morgan fingerprint density at radius 2 is 1.59 bits per heavy atom. The molecule has 2 heteroatoms. The van der Waals surface area contributed by atoms with Crippen LogP contribution in [0.5, 0.6) is 0 Å². The molecule has 22 heavy (non-hydrogen) atoms. The largest absolute Gasteiger partial charge is 0.294 e. The second-order valence-corrected chi connectivity index (χ2v) is 9.16. The molecule has 0 aromatic carbocycles. The average Bonchev–Trinajstić information content (AvgIpc) is 2.45. The van der Waals surface area contributed by atoms with E-state index in [-0.39, 0.29) is 15.5 Å². The van der Waals surface area contributed by atoms with Crippen molar-refractivity contribution in [1.29, 1.82) is 0 Å². The third kappa shape index (κ3) is 5.83. The molecule has 0 fully saturated rings. The monoisotopic (exact) mass is 372 g/mol. The zero-order valence-electron chi connectivity index (χ0n) is 15.5. The van der Waals surface area contributed by atoms with Crippen LogP contribution in [-0.4, -0.2) is 10.1 Å². The van der Waals surface area contributed by atoms with Gasteiger partial charge in [-0.2, -0.15) is 0 Å². The molecule has 0 aliphatic carbocycles. The SMILES string of the molecule is C=CC(=O)C(CC)(C(C)CCCCCCCCC)C(C)(C)Br. The van der Waals surface area contributed by atoms with Crippen LogP contribution in [0.4, 0.5) is 0 Å². The molecular formula is C20H37BrO. The van der Waals surface area contributed by atoms with Gasteiger partial charge in [0.25, 0.3) is 0 Å². The highest BCUT2D eigenvalue weighted by Crippen LogP contribution is 2.49. The topological polar surface area (TPSA) is 17.1 Å². The summed E-state index contributed by atoms with van der Waals surface area (Å²) in [4.78, 5) is 12.6. The Morgan fingerprint density at radius 3 is 2.00 bits per heavy atom. The number of carbonyl (C=O) groups excluding carboxylic acids is 1. The van der Waals surface area contributed by atoms with E-state index in [9.17, 15) is 4.79 Å². The van der Waals surface area contributed by atoms with Gasteiger partial charge in [-0.15, -0.1) is 0 Å². The fourth-order valence-electron chi connectivity index (χ4n) is 3.90. The zero-order chi connectivity index (χ0) is 17.2. The highest BCUT2D eigenvalue weighted by molar-refractivity contribution is 9.10. The summed E-state index contributed by atoms with van der Waals surface area (Å²) in [6.45, 7) is 14.6. The average molecular weight is 373 g/mol.